The van der Waals surface area contributed by atoms with Crippen molar-refractivity contribution in [2.45, 2.75) is 13.5 Å². The molecule has 0 fully saturated rings. The number of para-hydroxylation sites is 1. The maximum atomic E-state index is 13.6. The molecule has 2 amide bonds. The van der Waals surface area contributed by atoms with Gasteiger partial charge in [0.1, 0.15) is 0 Å². The van der Waals surface area contributed by atoms with Crippen LogP contribution in [-0.2, 0) is 6.54 Å². The fourth-order valence-electron chi connectivity index (χ4n) is 3.64. The summed E-state index contributed by atoms with van der Waals surface area (Å²) in [7, 11) is 1.68. The quantitative estimate of drug-likeness (QED) is 0.311. The van der Waals surface area contributed by atoms with Crippen LogP contribution in [0.5, 0.6) is 0 Å². The third-order valence-corrected chi connectivity index (χ3v) is 6.00. The number of urea groups is 1. The van der Waals surface area contributed by atoms with Crippen LogP contribution < -0.4 is 9.80 Å². The fraction of sp³-hybridized carbons (Fsp3) is 0.115. The third kappa shape index (κ3) is 4.98. The predicted octanol–water partition coefficient (Wildman–Crippen LogP) is 6.52. The molecule has 34 heavy (non-hydrogen) atoms. The maximum absolute atomic E-state index is 13.6. The number of benzene rings is 2. The van der Waals surface area contributed by atoms with Crippen molar-refractivity contribution in [3.63, 3.8) is 0 Å². The van der Waals surface area contributed by atoms with E-state index in [9.17, 15) is 9.59 Å². The number of hydrogen-bond acceptors (Lipinski definition) is 3. The second-order valence-corrected chi connectivity index (χ2v) is 8.62. The summed E-state index contributed by atoms with van der Waals surface area (Å²) in [5.74, 6) is -0.150. The van der Waals surface area contributed by atoms with E-state index in [2.05, 4.69) is 9.97 Å². The van der Waals surface area contributed by atoms with E-state index in [0.717, 1.165) is 5.56 Å². The Balaban J connectivity index is 1.67. The summed E-state index contributed by atoms with van der Waals surface area (Å²) in [6.07, 6.45) is 3.26. The van der Waals surface area contributed by atoms with Gasteiger partial charge in [-0.05, 0) is 67.1 Å². The first-order valence-electron chi connectivity index (χ1n) is 10.5. The van der Waals surface area contributed by atoms with Crippen molar-refractivity contribution in [1.29, 1.82) is 0 Å². The number of nitrogens with zero attached hydrogens (tertiary/aromatic N) is 3. The molecule has 172 valence electrons. The largest absolute Gasteiger partial charge is 0.354 e. The van der Waals surface area contributed by atoms with E-state index < -0.39 is 0 Å². The molecule has 0 saturated carbocycles. The molecule has 4 rings (SSSR count). The molecule has 0 bridgehead atoms. The van der Waals surface area contributed by atoms with Gasteiger partial charge in [0, 0.05) is 29.5 Å². The zero-order valence-electron chi connectivity index (χ0n) is 18.6. The summed E-state index contributed by atoms with van der Waals surface area (Å²) in [4.78, 5) is 37.0. The third-order valence-electron chi connectivity index (χ3n) is 5.43. The van der Waals surface area contributed by atoms with Gasteiger partial charge >= 0.3 is 6.03 Å². The highest BCUT2D eigenvalue weighted by molar-refractivity contribution is 6.34. The van der Waals surface area contributed by atoms with Gasteiger partial charge in [0.05, 0.1) is 34.8 Å². The molecule has 2 heterocycles. The smallest absolute Gasteiger partial charge is 0.329 e. The van der Waals surface area contributed by atoms with Gasteiger partial charge in [-0.1, -0.05) is 35.3 Å². The highest BCUT2D eigenvalue weighted by Crippen LogP contribution is 2.29. The summed E-state index contributed by atoms with van der Waals surface area (Å²) < 4.78 is 0. The van der Waals surface area contributed by atoms with E-state index in [-0.39, 0.29) is 18.4 Å². The maximum Gasteiger partial charge on any atom is 0.329 e. The molecule has 2 aromatic heterocycles. The summed E-state index contributed by atoms with van der Waals surface area (Å²) >= 11 is 12.4. The first-order valence-corrected chi connectivity index (χ1v) is 11.3. The van der Waals surface area contributed by atoms with Crippen LogP contribution in [0.25, 0.3) is 0 Å². The van der Waals surface area contributed by atoms with Crippen LogP contribution in [-0.4, -0.2) is 28.8 Å². The number of aromatic amines is 1. The zero-order valence-corrected chi connectivity index (χ0v) is 20.1. The predicted molar refractivity (Wildman–Crippen MR) is 136 cm³/mol. The van der Waals surface area contributed by atoms with E-state index in [1.807, 2.05) is 19.1 Å². The van der Waals surface area contributed by atoms with Crippen LogP contribution in [0.15, 0.2) is 79.1 Å². The molecule has 2 aromatic carbocycles. The first-order chi connectivity index (χ1) is 16.3. The summed E-state index contributed by atoms with van der Waals surface area (Å²) in [6.45, 7) is 2.04. The minimum atomic E-state index is -0.293. The van der Waals surface area contributed by atoms with Crippen molar-refractivity contribution in [3.8, 4) is 0 Å². The summed E-state index contributed by atoms with van der Waals surface area (Å²) in [5, 5.41) is 1.00. The lowest BCUT2D eigenvalue weighted by Gasteiger charge is -2.28. The zero-order chi connectivity index (χ0) is 24.2. The number of nitrogens with one attached hydrogen (secondary N) is 1. The average Bonchev–Trinajstić information content (AvgIpc) is 3.22. The molecular weight excluding hydrogens is 471 g/mol. The number of carbonyl (C=O) groups excluding carboxylic acids is 2. The van der Waals surface area contributed by atoms with Gasteiger partial charge in [0.25, 0.3) is 0 Å². The summed E-state index contributed by atoms with van der Waals surface area (Å²) in [6, 6.07) is 19.0. The van der Waals surface area contributed by atoms with Crippen LogP contribution in [0.1, 0.15) is 27.3 Å². The molecule has 0 aliphatic heterocycles. The van der Waals surface area contributed by atoms with Crippen molar-refractivity contribution >= 4 is 46.4 Å². The minimum Gasteiger partial charge on any atom is -0.354 e. The molecular formula is C26H22Cl2N4O2. The standard InChI is InChI=1S/C26H22Cl2N4O2/c1-17-14-20(30-24(17)25(33)18-9-11-19(27)12-10-18)16-32(23-8-4-3-7-22(23)28)26(34)31(2)21-6-5-13-29-15-21/h3-15,30H,16H2,1-2H3. The minimum absolute atomic E-state index is 0.150. The van der Waals surface area contributed by atoms with Crippen molar-refractivity contribution < 1.29 is 9.59 Å². The number of halogens is 2. The Hall–Kier alpha value is -3.61. The lowest BCUT2D eigenvalue weighted by molar-refractivity contribution is 0.103. The van der Waals surface area contributed by atoms with Crippen LogP contribution in [0.2, 0.25) is 10.0 Å². The molecule has 0 saturated heterocycles. The monoisotopic (exact) mass is 492 g/mol. The Morgan fingerprint density at radius 3 is 2.41 bits per heavy atom. The number of amides is 2. The van der Waals surface area contributed by atoms with Gasteiger partial charge in [-0.25, -0.2) is 4.79 Å². The van der Waals surface area contributed by atoms with Crippen molar-refractivity contribution in [3.05, 3.63) is 112 Å². The number of ketones is 1. The Kier molecular flexibility index (Phi) is 7.01. The molecule has 8 heteroatoms. The van der Waals surface area contributed by atoms with Gasteiger partial charge < -0.3 is 4.98 Å². The lowest BCUT2D eigenvalue weighted by atomic mass is 10.1. The summed E-state index contributed by atoms with van der Waals surface area (Å²) in [5.41, 5.74) is 3.67. The van der Waals surface area contributed by atoms with Crippen molar-refractivity contribution in [1.82, 2.24) is 9.97 Å². The van der Waals surface area contributed by atoms with Crippen LogP contribution in [0.4, 0.5) is 16.2 Å². The van der Waals surface area contributed by atoms with Crippen molar-refractivity contribution in [2.24, 2.45) is 0 Å². The lowest BCUT2D eigenvalue weighted by Crippen LogP contribution is -2.41. The highest BCUT2D eigenvalue weighted by atomic mass is 35.5. The van der Waals surface area contributed by atoms with Gasteiger partial charge in [0.15, 0.2) is 0 Å². The SMILES string of the molecule is Cc1cc(CN(C(=O)N(C)c2cccnc2)c2ccccc2Cl)[nH]c1C(=O)c1ccc(Cl)cc1. The van der Waals surface area contributed by atoms with E-state index in [4.69, 9.17) is 23.2 Å². The molecule has 1 N–H and O–H groups in total. The first kappa shape index (κ1) is 23.5. The van der Waals surface area contributed by atoms with Crippen LogP contribution >= 0.6 is 23.2 Å². The molecule has 0 aliphatic carbocycles. The van der Waals surface area contributed by atoms with Gasteiger partial charge in [-0.3, -0.25) is 19.6 Å². The number of H-pyrrole nitrogens is 1. The molecule has 0 unspecified atom stereocenters. The molecule has 0 radical (unpaired) electrons. The second-order valence-electron chi connectivity index (χ2n) is 7.78. The number of carbonyl (C=O) groups is 2. The van der Waals surface area contributed by atoms with E-state index in [1.54, 1.807) is 78.9 Å². The normalized spacial score (nSPS) is 10.7. The molecule has 0 atom stereocenters. The van der Waals surface area contributed by atoms with E-state index >= 15 is 0 Å². The average molecular weight is 493 g/mol. The number of anilines is 2. The van der Waals surface area contributed by atoms with Crippen molar-refractivity contribution in [2.75, 3.05) is 16.8 Å². The fourth-order valence-corrected chi connectivity index (χ4v) is 4.00. The Morgan fingerprint density at radius 1 is 1.00 bits per heavy atom. The number of aromatic nitrogens is 2. The Bertz CT molecular complexity index is 1320. The van der Waals surface area contributed by atoms with E-state index in [0.29, 0.717) is 38.4 Å². The Labute approximate surface area is 207 Å². The molecule has 0 aliphatic rings. The highest BCUT2D eigenvalue weighted by Gasteiger charge is 2.25. The molecule has 4 aromatic rings. The topological polar surface area (TPSA) is 69.3 Å². The van der Waals surface area contributed by atoms with Crippen LogP contribution in [0, 0.1) is 6.92 Å². The van der Waals surface area contributed by atoms with Crippen LogP contribution in [0.3, 0.4) is 0 Å². The van der Waals surface area contributed by atoms with E-state index in [1.165, 1.54) is 4.90 Å². The Morgan fingerprint density at radius 2 is 1.74 bits per heavy atom. The van der Waals surface area contributed by atoms with Gasteiger partial charge in [-0.2, -0.15) is 0 Å². The second kappa shape index (κ2) is 10.1. The molecule has 0 spiro atoms. The van der Waals surface area contributed by atoms with Gasteiger partial charge in [0.2, 0.25) is 5.78 Å². The number of rotatable bonds is 6. The van der Waals surface area contributed by atoms with Gasteiger partial charge in [-0.15, -0.1) is 0 Å². The number of pyridine rings is 1. The molecule has 6 nitrogen and oxygen atoms in total. The number of aryl methyl sites for hydroxylation is 1. The number of hydrogen-bond donors (Lipinski definition) is 1.